The second-order valence-corrected chi connectivity index (χ2v) is 5.79. The number of hydrogen-bond acceptors (Lipinski definition) is 1. The van der Waals surface area contributed by atoms with Gasteiger partial charge in [-0.15, -0.1) is 0 Å². The average Bonchev–Trinajstić information content (AvgIpc) is 2.64. The molecule has 18 heavy (non-hydrogen) atoms. The summed E-state index contributed by atoms with van der Waals surface area (Å²) in [6.07, 6.45) is 0.672. The number of aromatic amines is 2. The summed E-state index contributed by atoms with van der Waals surface area (Å²) in [5.74, 6) is 0.315. The van der Waals surface area contributed by atoms with Gasteiger partial charge in [-0.25, -0.2) is 0 Å². The minimum Gasteiger partial charge on any atom is -0.302 e. The molecule has 1 aromatic heterocycles. The topological polar surface area (TPSA) is 48.6 Å². The lowest BCUT2D eigenvalue weighted by atomic mass is 9.97. The lowest BCUT2D eigenvalue weighted by Crippen LogP contribution is -2.09. The molecule has 0 radical (unpaired) electrons. The molecule has 0 bridgehead atoms. The summed E-state index contributed by atoms with van der Waals surface area (Å²) in [6, 6.07) is 6.15. The third-order valence-corrected chi connectivity index (χ3v) is 3.65. The van der Waals surface area contributed by atoms with E-state index in [-0.39, 0.29) is 5.56 Å². The maximum absolute atomic E-state index is 11.8. The van der Waals surface area contributed by atoms with Crippen LogP contribution in [0.1, 0.15) is 42.1 Å². The number of hydrogen-bond donors (Lipinski definition) is 2. The van der Waals surface area contributed by atoms with Crippen LogP contribution in [0.5, 0.6) is 0 Å². The smallest absolute Gasteiger partial charge is 0.267 e. The van der Waals surface area contributed by atoms with Crippen LogP contribution in [0.2, 0.25) is 0 Å². The first kappa shape index (κ1) is 13.1. The largest absolute Gasteiger partial charge is 0.302 e. The molecule has 0 spiro atoms. The average molecular weight is 309 g/mol. The molecule has 3 nitrogen and oxygen atoms in total. The quantitative estimate of drug-likeness (QED) is 0.896. The lowest BCUT2D eigenvalue weighted by Gasteiger charge is -2.08. The molecule has 2 rings (SSSR count). The van der Waals surface area contributed by atoms with Gasteiger partial charge in [-0.2, -0.15) is 0 Å². The van der Waals surface area contributed by atoms with E-state index in [0.717, 1.165) is 15.7 Å². The van der Waals surface area contributed by atoms with Crippen molar-refractivity contribution < 1.29 is 0 Å². The molecule has 0 aliphatic carbocycles. The van der Waals surface area contributed by atoms with Crippen LogP contribution in [-0.2, 0) is 6.42 Å². The van der Waals surface area contributed by atoms with E-state index in [9.17, 15) is 4.79 Å². The zero-order chi connectivity index (χ0) is 13.3. The number of rotatable bonds is 3. The van der Waals surface area contributed by atoms with Gasteiger partial charge in [-0.3, -0.25) is 9.89 Å². The number of nitrogens with one attached hydrogen (secondary N) is 2. The van der Waals surface area contributed by atoms with Gasteiger partial charge in [0.2, 0.25) is 0 Å². The first-order valence-electron chi connectivity index (χ1n) is 6.03. The maximum Gasteiger partial charge on any atom is 0.267 e. The van der Waals surface area contributed by atoms with Gasteiger partial charge >= 0.3 is 0 Å². The van der Waals surface area contributed by atoms with Crippen LogP contribution in [-0.4, -0.2) is 10.2 Å². The van der Waals surface area contributed by atoms with Crippen molar-refractivity contribution in [3.05, 3.63) is 55.4 Å². The molecule has 1 aromatic carbocycles. The molecule has 2 N–H and O–H groups in total. The Morgan fingerprint density at radius 1 is 1.28 bits per heavy atom. The molecule has 2 aromatic rings. The first-order chi connectivity index (χ1) is 8.49. The van der Waals surface area contributed by atoms with E-state index in [1.54, 1.807) is 0 Å². The Bertz CT molecular complexity index is 610. The van der Waals surface area contributed by atoms with Crippen molar-refractivity contribution in [2.75, 3.05) is 0 Å². The Labute approximate surface area is 115 Å². The second kappa shape index (κ2) is 5.14. The number of aryl methyl sites for hydroxylation is 1. The van der Waals surface area contributed by atoms with Crippen molar-refractivity contribution in [3.8, 4) is 0 Å². The van der Waals surface area contributed by atoms with Gasteiger partial charge in [0.05, 0.1) is 0 Å². The summed E-state index contributed by atoms with van der Waals surface area (Å²) in [5, 5.41) is 5.66. The van der Waals surface area contributed by atoms with Gasteiger partial charge in [0.15, 0.2) is 0 Å². The van der Waals surface area contributed by atoms with Gasteiger partial charge in [0.1, 0.15) is 0 Å². The molecule has 0 saturated heterocycles. The third kappa shape index (κ3) is 2.58. The van der Waals surface area contributed by atoms with Crippen LogP contribution in [0, 0.1) is 6.92 Å². The highest BCUT2D eigenvalue weighted by Gasteiger charge is 2.14. The lowest BCUT2D eigenvalue weighted by molar-refractivity contribution is 0.799. The Kier molecular flexibility index (Phi) is 3.76. The van der Waals surface area contributed by atoms with E-state index < -0.39 is 0 Å². The molecule has 0 fully saturated rings. The van der Waals surface area contributed by atoms with E-state index in [1.165, 1.54) is 11.1 Å². The molecule has 0 atom stereocenters. The fourth-order valence-corrected chi connectivity index (χ4v) is 2.59. The Balaban J connectivity index is 2.40. The Hall–Kier alpha value is -1.29. The van der Waals surface area contributed by atoms with Gasteiger partial charge in [-0.1, -0.05) is 35.8 Å². The fourth-order valence-electron chi connectivity index (χ4n) is 2.11. The van der Waals surface area contributed by atoms with Crippen LogP contribution < -0.4 is 5.56 Å². The predicted octanol–water partition coefficient (Wildman–Crippen LogP) is 3.49. The van der Waals surface area contributed by atoms with E-state index >= 15 is 0 Å². The van der Waals surface area contributed by atoms with E-state index in [1.807, 2.05) is 6.07 Å². The molecule has 0 unspecified atom stereocenters. The zero-order valence-corrected chi connectivity index (χ0v) is 12.4. The summed E-state index contributed by atoms with van der Waals surface area (Å²) >= 11 is 3.45. The zero-order valence-electron chi connectivity index (χ0n) is 10.8. The maximum atomic E-state index is 11.8. The van der Waals surface area contributed by atoms with Gasteiger partial charge in [-0.05, 0) is 36.1 Å². The second-order valence-electron chi connectivity index (χ2n) is 4.87. The molecule has 0 aliphatic heterocycles. The number of aromatic nitrogens is 2. The SMILES string of the molecule is Cc1cc(Br)ccc1Cc1c(C(C)C)[nH][nH]c1=O. The molecular weight excluding hydrogens is 292 g/mol. The molecular formula is C14H17BrN2O. The highest BCUT2D eigenvalue weighted by Crippen LogP contribution is 2.21. The highest BCUT2D eigenvalue weighted by molar-refractivity contribution is 9.10. The molecule has 0 saturated carbocycles. The van der Waals surface area contributed by atoms with Crippen molar-refractivity contribution in [3.63, 3.8) is 0 Å². The van der Waals surface area contributed by atoms with Crippen LogP contribution >= 0.6 is 15.9 Å². The summed E-state index contributed by atoms with van der Waals surface area (Å²) in [7, 11) is 0. The van der Waals surface area contributed by atoms with Crippen molar-refractivity contribution >= 4 is 15.9 Å². The van der Waals surface area contributed by atoms with Gasteiger partial charge in [0.25, 0.3) is 5.56 Å². The van der Waals surface area contributed by atoms with Crippen LogP contribution in [0.3, 0.4) is 0 Å². The van der Waals surface area contributed by atoms with Crippen molar-refractivity contribution in [2.24, 2.45) is 0 Å². The molecule has 0 aliphatic rings. The number of benzene rings is 1. The van der Waals surface area contributed by atoms with Crippen LogP contribution in [0.4, 0.5) is 0 Å². The van der Waals surface area contributed by atoms with Gasteiger partial charge in [0, 0.05) is 22.2 Å². The summed E-state index contributed by atoms with van der Waals surface area (Å²) in [5.41, 5.74) is 4.21. The number of halogens is 1. The van der Waals surface area contributed by atoms with Crippen molar-refractivity contribution in [1.29, 1.82) is 0 Å². The normalized spacial score (nSPS) is 11.2. The van der Waals surface area contributed by atoms with Crippen LogP contribution in [0.25, 0.3) is 0 Å². The molecule has 4 heteroatoms. The minimum atomic E-state index is -0.0129. The summed E-state index contributed by atoms with van der Waals surface area (Å²) in [6.45, 7) is 6.23. The molecule has 1 heterocycles. The number of H-pyrrole nitrogens is 2. The third-order valence-electron chi connectivity index (χ3n) is 3.16. The van der Waals surface area contributed by atoms with Gasteiger partial charge < -0.3 is 5.10 Å². The predicted molar refractivity (Wildman–Crippen MR) is 77.2 cm³/mol. The summed E-state index contributed by atoms with van der Waals surface area (Å²) in [4.78, 5) is 11.8. The van der Waals surface area contributed by atoms with E-state index in [2.05, 4.69) is 59.0 Å². The standard InChI is InChI=1S/C14H17BrN2O/c1-8(2)13-12(14(18)17-16-13)7-10-4-5-11(15)6-9(10)3/h4-6,8H,7H2,1-3H3,(H2,16,17,18). The molecule has 0 amide bonds. The van der Waals surface area contributed by atoms with E-state index in [4.69, 9.17) is 0 Å². The van der Waals surface area contributed by atoms with Crippen molar-refractivity contribution in [2.45, 2.75) is 33.1 Å². The Morgan fingerprint density at radius 2 is 2.00 bits per heavy atom. The first-order valence-corrected chi connectivity index (χ1v) is 6.82. The Morgan fingerprint density at radius 3 is 2.61 bits per heavy atom. The fraction of sp³-hybridized carbons (Fsp3) is 0.357. The monoisotopic (exact) mass is 308 g/mol. The highest BCUT2D eigenvalue weighted by atomic mass is 79.9. The van der Waals surface area contributed by atoms with Crippen molar-refractivity contribution in [1.82, 2.24) is 10.2 Å². The minimum absolute atomic E-state index is 0.0129. The van der Waals surface area contributed by atoms with E-state index in [0.29, 0.717) is 12.3 Å². The summed E-state index contributed by atoms with van der Waals surface area (Å²) < 4.78 is 1.07. The molecule has 96 valence electrons. The van der Waals surface area contributed by atoms with Crippen LogP contribution in [0.15, 0.2) is 27.5 Å².